The van der Waals surface area contributed by atoms with E-state index in [1.165, 1.54) is 27.4 Å². The molecule has 11 rings (SSSR count). The number of nitrogens with zero attached hydrogens (tertiary/aromatic N) is 5. The number of aromatic nitrogens is 5. The molecule has 0 aliphatic heterocycles. The summed E-state index contributed by atoms with van der Waals surface area (Å²) >= 11 is 0. The Bertz CT molecular complexity index is 3180. The van der Waals surface area contributed by atoms with Crippen molar-refractivity contribution in [2.24, 2.45) is 0 Å². The molecule has 11 aromatic rings. The number of hydrogen-bond donors (Lipinski definition) is 0. The number of para-hydroxylation sites is 3. The Hall–Kier alpha value is -7.63. The second-order valence-corrected chi connectivity index (χ2v) is 14.1. The maximum absolute atomic E-state index is 5.18. The minimum absolute atomic E-state index is 0.577. The monoisotopic (exact) mass is 715 g/mol. The highest BCUT2D eigenvalue weighted by Gasteiger charge is 2.19. The fourth-order valence-electron chi connectivity index (χ4n) is 8.15. The average molecular weight is 716 g/mol. The van der Waals surface area contributed by atoms with Crippen LogP contribution in [0, 0.1) is 0 Å². The molecule has 0 amide bonds. The predicted octanol–water partition coefficient (Wildman–Crippen LogP) is 12.7. The van der Waals surface area contributed by atoms with Crippen LogP contribution in [0.15, 0.2) is 200 Å². The molecular formula is C51H33N5. The zero-order chi connectivity index (χ0) is 37.0. The summed E-state index contributed by atoms with van der Waals surface area (Å²) in [5, 5.41) is 4.78. The average Bonchev–Trinajstić information content (AvgIpc) is 3.80. The third-order valence-corrected chi connectivity index (χ3v) is 10.8. The molecule has 0 aliphatic rings. The first-order valence-corrected chi connectivity index (χ1v) is 18.9. The molecule has 262 valence electrons. The van der Waals surface area contributed by atoms with Crippen molar-refractivity contribution >= 4 is 43.6 Å². The van der Waals surface area contributed by atoms with Gasteiger partial charge in [0.25, 0.3) is 0 Å². The van der Waals surface area contributed by atoms with Crippen molar-refractivity contribution in [2.45, 2.75) is 0 Å². The topological polar surface area (TPSA) is 48.5 Å². The van der Waals surface area contributed by atoms with Crippen molar-refractivity contribution in [2.75, 3.05) is 0 Å². The van der Waals surface area contributed by atoms with Gasteiger partial charge in [0.1, 0.15) is 0 Å². The van der Waals surface area contributed by atoms with Gasteiger partial charge in [-0.25, -0.2) is 4.98 Å². The van der Waals surface area contributed by atoms with Gasteiger partial charge < -0.3 is 4.57 Å². The second kappa shape index (κ2) is 13.0. The van der Waals surface area contributed by atoms with Gasteiger partial charge in [-0.05, 0) is 64.7 Å². The molecule has 0 fully saturated rings. The van der Waals surface area contributed by atoms with E-state index < -0.39 is 0 Å². The van der Waals surface area contributed by atoms with E-state index in [1.54, 1.807) is 0 Å². The summed E-state index contributed by atoms with van der Waals surface area (Å²) in [5.74, 6) is 1.83. The van der Waals surface area contributed by atoms with E-state index >= 15 is 0 Å². The fraction of sp³-hybridized carbons (Fsp3) is 0. The van der Waals surface area contributed by atoms with Gasteiger partial charge in [0, 0.05) is 38.4 Å². The zero-order valence-corrected chi connectivity index (χ0v) is 30.3. The van der Waals surface area contributed by atoms with E-state index in [4.69, 9.17) is 15.0 Å². The van der Waals surface area contributed by atoms with Crippen LogP contribution in [0.3, 0.4) is 0 Å². The summed E-state index contributed by atoms with van der Waals surface area (Å²) in [4.78, 5) is 15.4. The van der Waals surface area contributed by atoms with E-state index in [0.717, 1.165) is 55.3 Å². The maximum Gasteiger partial charge on any atom is 0.238 e. The standard InChI is InChI=1S/C51H33N5/c1-3-14-34(15-4-1)35-26-28-37(29-27-35)50-52-49(36-16-5-2-6-17-36)53-51(54-50)56-47-25-12-9-22-43(47)44-33-39(30-31-48(44)56)38-18-13-19-40(32-38)55-45-23-10-7-20-41(45)42-21-8-11-24-46(42)55/h1-33H. The Labute approximate surface area is 323 Å². The largest absolute Gasteiger partial charge is 0.309 e. The minimum atomic E-state index is 0.577. The summed E-state index contributed by atoms with van der Waals surface area (Å²) in [7, 11) is 0. The van der Waals surface area contributed by atoms with E-state index in [2.05, 4.69) is 173 Å². The lowest BCUT2D eigenvalue weighted by atomic mass is 10.0. The first-order chi connectivity index (χ1) is 27.8. The molecule has 0 radical (unpaired) electrons. The molecule has 0 saturated heterocycles. The SMILES string of the molecule is c1ccc(-c2ccc(-c3nc(-c4ccccc4)nc(-n4c5ccccc5c5cc(-c6cccc(-n7c8ccccc8c8ccccc87)c6)ccc54)n3)cc2)cc1. The first kappa shape index (κ1) is 31.9. The molecule has 5 heteroatoms. The third-order valence-electron chi connectivity index (χ3n) is 10.8. The Morgan fingerprint density at radius 1 is 0.268 bits per heavy atom. The van der Waals surface area contributed by atoms with Crippen LogP contribution in [-0.2, 0) is 0 Å². The molecule has 8 aromatic carbocycles. The molecule has 0 bridgehead atoms. The Balaban J connectivity index is 1.06. The molecule has 3 heterocycles. The summed E-state index contributed by atoms with van der Waals surface area (Å²) in [6.07, 6.45) is 0. The van der Waals surface area contributed by atoms with E-state index in [0.29, 0.717) is 17.6 Å². The van der Waals surface area contributed by atoms with Gasteiger partial charge in [-0.2, -0.15) is 9.97 Å². The van der Waals surface area contributed by atoms with Crippen LogP contribution in [0.2, 0.25) is 0 Å². The van der Waals surface area contributed by atoms with Crippen molar-refractivity contribution in [1.82, 2.24) is 24.1 Å². The molecular weight excluding hydrogens is 683 g/mol. The maximum atomic E-state index is 5.18. The summed E-state index contributed by atoms with van der Waals surface area (Å²) in [6.45, 7) is 0. The van der Waals surface area contributed by atoms with E-state index in [9.17, 15) is 0 Å². The minimum Gasteiger partial charge on any atom is -0.309 e. The normalized spacial score (nSPS) is 11.6. The van der Waals surface area contributed by atoms with Gasteiger partial charge >= 0.3 is 0 Å². The Morgan fingerprint density at radius 3 is 1.34 bits per heavy atom. The lowest BCUT2D eigenvalue weighted by molar-refractivity contribution is 0.953. The first-order valence-electron chi connectivity index (χ1n) is 18.9. The molecule has 0 N–H and O–H groups in total. The highest BCUT2D eigenvalue weighted by molar-refractivity contribution is 6.11. The number of hydrogen-bond acceptors (Lipinski definition) is 3. The van der Waals surface area contributed by atoms with Crippen LogP contribution < -0.4 is 0 Å². The van der Waals surface area contributed by atoms with E-state index in [-0.39, 0.29) is 0 Å². The third kappa shape index (κ3) is 5.29. The Kier molecular flexibility index (Phi) is 7.42. The highest BCUT2D eigenvalue weighted by Crippen LogP contribution is 2.37. The lowest BCUT2D eigenvalue weighted by Crippen LogP contribution is -2.06. The number of benzene rings is 8. The summed E-state index contributed by atoms with van der Waals surface area (Å²) in [6, 6.07) is 70.4. The molecule has 56 heavy (non-hydrogen) atoms. The Morgan fingerprint density at radius 2 is 0.696 bits per heavy atom. The van der Waals surface area contributed by atoms with Crippen LogP contribution in [0.25, 0.3) is 100 Å². The quantitative estimate of drug-likeness (QED) is 0.172. The zero-order valence-electron chi connectivity index (χ0n) is 30.3. The summed E-state index contributed by atoms with van der Waals surface area (Å²) in [5.41, 5.74) is 12.1. The molecule has 0 spiro atoms. The van der Waals surface area contributed by atoms with Gasteiger partial charge in [-0.3, -0.25) is 4.57 Å². The van der Waals surface area contributed by atoms with Crippen LogP contribution >= 0.6 is 0 Å². The smallest absolute Gasteiger partial charge is 0.238 e. The van der Waals surface area contributed by atoms with Gasteiger partial charge in [-0.1, -0.05) is 158 Å². The molecule has 0 aliphatic carbocycles. The van der Waals surface area contributed by atoms with Crippen molar-refractivity contribution in [3.05, 3.63) is 200 Å². The van der Waals surface area contributed by atoms with Crippen LogP contribution in [-0.4, -0.2) is 24.1 Å². The van der Waals surface area contributed by atoms with Crippen molar-refractivity contribution < 1.29 is 0 Å². The van der Waals surface area contributed by atoms with Gasteiger partial charge in [-0.15, -0.1) is 0 Å². The molecule has 5 nitrogen and oxygen atoms in total. The van der Waals surface area contributed by atoms with Crippen LogP contribution in [0.1, 0.15) is 0 Å². The molecule has 0 unspecified atom stereocenters. The molecule has 3 aromatic heterocycles. The van der Waals surface area contributed by atoms with Crippen LogP contribution in [0.5, 0.6) is 0 Å². The van der Waals surface area contributed by atoms with Gasteiger partial charge in [0.15, 0.2) is 11.6 Å². The second-order valence-electron chi connectivity index (χ2n) is 14.1. The van der Waals surface area contributed by atoms with Crippen molar-refractivity contribution in [3.63, 3.8) is 0 Å². The highest BCUT2D eigenvalue weighted by atomic mass is 15.2. The summed E-state index contributed by atoms with van der Waals surface area (Å²) < 4.78 is 4.55. The van der Waals surface area contributed by atoms with Crippen LogP contribution in [0.4, 0.5) is 0 Å². The van der Waals surface area contributed by atoms with Gasteiger partial charge in [0.05, 0.1) is 22.1 Å². The van der Waals surface area contributed by atoms with Gasteiger partial charge in [0.2, 0.25) is 5.95 Å². The van der Waals surface area contributed by atoms with Crippen molar-refractivity contribution in [3.8, 4) is 56.7 Å². The number of fused-ring (bicyclic) bond motifs is 6. The lowest BCUT2D eigenvalue weighted by Gasteiger charge is -2.12. The fourth-order valence-corrected chi connectivity index (χ4v) is 8.15. The predicted molar refractivity (Wildman–Crippen MR) is 230 cm³/mol. The molecule has 0 saturated carbocycles. The van der Waals surface area contributed by atoms with E-state index in [1.807, 2.05) is 36.4 Å². The molecule has 0 atom stereocenters. The number of rotatable bonds is 6. The van der Waals surface area contributed by atoms with Crippen molar-refractivity contribution in [1.29, 1.82) is 0 Å².